The minimum absolute atomic E-state index is 0.146. The number of hydrogen-bond acceptors (Lipinski definition) is 4. The first-order valence-corrected chi connectivity index (χ1v) is 10.5. The van der Waals surface area contributed by atoms with Crippen molar-refractivity contribution in [3.05, 3.63) is 71.3 Å². The standard InChI is InChI=1S/C24H22F2N4O3/c1-13-7-19(33-12-16-17(25)5-4-6-18(16)26)22-28-14(2)21(29(22)10-13)15-9-27-30(11-15)20-8-24(20,3)23(31)32/h4-7,9-11,20H,8,12H2,1-3H3,(H,31,32). The fourth-order valence-corrected chi connectivity index (χ4v) is 4.22. The van der Waals surface area contributed by atoms with E-state index in [1.165, 1.54) is 18.2 Å². The molecule has 1 aliphatic carbocycles. The minimum Gasteiger partial charge on any atom is -0.485 e. The highest BCUT2D eigenvalue weighted by Gasteiger charge is 2.58. The molecule has 33 heavy (non-hydrogen) atoms. The van der Waals surface area contributed by atoms with Crippen molar-refractivity contribution in [2.45, 2.75) is 39.8 Å². The molecule has 4 aromatic rings. The van der Waals surface area contributed by atoms with Gasteiger partial charge in [0.25, 0.3) is 0 Å². The predicted octanol–water partition coefficient (Wildman–Crippen LogP) is 4.71. The molecule has 2 unspecified atom stereocenters. The number of pyridine rings is 1. The summed E-state index contributed by atoms with van der Waals surface area (Å²) in [7, 11) is 0. The number of carbonyl (C=O) groups is 1. The SMILES string of the molecule is Cc1cc(OCc2c(F)cccc2F)c2nc(C)c(-c3cnn(C4CC4(C)C(=O)O)c3)n2c1. The van der Waals surface area contributed by atoms with Gasteiger partial charge in [-0.1, -0.05) is 6.07 Å². The van der Waals surface area contributed by atoms with E-state index in [0.29, 0.717) is 17.8 Å². The van der Waals surface area contributed by atoms with Gasteiger partial charge in [0.05, 0.1) is 34.6 Å². The third-order valence-electron chi connectivity index (χ3n) is 6.31. The molecule has 1 fully saturated rings. The summed E-state index contributed by atoms with van der Waals surface area (Å²) in [5, 5.41) is 13.8. The number of fused-ring (bicyclic) bond motifs is 1. The van der Waals surface area contributed by atoms with Crippen molar-refractivity contribution in [1.82, 2.24) is 19.2 Å². The molecule has 3 aromatic heterocycles. The van der Waals surface area contributed by atoms with E-state index < -0.39 is 23.0 Å². The quantitative estimate of drug-likeness (QED) is 0.458. The number of benzene rings is 1. The second kappa shape index (κ2) is 7.40. The largest absolute Gasteiger partial charge is 0.485 e. The van der Waals surface area contributed by atoms with Crippen LogP contribution in [-0.4, -0.2) is 30.2 Å². The van der Waals surface area contributed by atoms with Gasteiger partial charge in [-0.25, -0.2) is 13.8 Å². The summed E-state index contributed by atoms with van der Waals surface area (Å²) in [6.07, 6.45) is 5.94. The van der Waals surface area contributed by atoms with Gasteiger partial charge in [0.1, 0.15) is 18.2 Å². The number of rotatable bonds is 6. The van der Waals surface area contributed by atoms with Gasteiger partial charge in [0.2, 0.25) is 0 Å². The van der Waals surface area contributed by atoms with Gasteiger partial charge in [-0.3, -0.25) is 13.9 Å². The normalized spacial score (nSPS) is 19.7. The molecule has 1 saturated carbocycles. The summed E-state index contributed by atoms with van der Waals surface area (Å²) in [6.45, 7) is 5.19. The molecular formula is C24H22F2N4O3. The van der Waals surface area contributed by atoms with Crippen LogP contribution in [0.1, 0.15) is 36.2 Å². The molecule has 0 bridgehead atoms. The minimum atomic E-state index is -0.834. The average Bonchev–Trinajstić information content (AvgIpc) is 3.08. The lowest BCUT2D eigenvalue weighted by Gasteiger charge is -2.11. The molecule has 170 valence electrons. The lowest BCUT2D eigenvalue weighted by atomic mass is 10.1. The number of imidazole rings is 1. The summed E-state index contributed by atoms with van der Waals surface area (Å²) < 4.78 is 37.4. The Morgan fingerprint density at radius 1 is 1.27 bits per heavy atom. The second-order valence-electron chi connectivity index (χ2n) is 8.76. The van der Waals surface area contributed by atoms with Crippen LogP contribution in [0, 0.1) is 30.9 Å². The number of hydrogen-bond donors (Lipinski definition) is 1. The van der Waals surface area contributed by atoms with Crippen LogP contribution in [0.4, 0.5) is 8.78 Å². The fourth-order valence-electron chi connectivity index (χ4n) is 4.22. The Balaban J connectivity index is 1.50. The number of aliphatic carboxylic acids is 1. The van der Waals surface area contributed by atoms with Gasteiger partial charge >= 0.3 is 5.97 Å². The first-order valence-electron chi connectivity index (χ1n) is 10.5. The van der Waals surface area contributed by atoms with Crippen molar-refractivity contribution in [1.29, 1.82) is 0 Å². The summed E-state index contributed by atoms with van der Waals surface area (Å²) in [5.74, 6) is -1.77. The van der Waals surface area contributed by atoms with E-state index in [1.54, 1.807) is 23.9 Å². The zero-order chi connectivity index (χ0) is 23.5. The van der Waals surface area contributed by atoms with Crippen molar-refractivity contribution < 1.29 is 23.4 Å². The van der Waals surface area contributed by atoms with Gasteiger partial charge in [-0.2, -0.15) is 5.10 Å². The van der Waals surface area contributed by atoms with Crippen molar-refractivity contribution in [2.75, 3.05) is 0 Å². The van der Waals surface area contributed by atoms with Crippen LogP contribution in [0.25, 0.3) is 16.9 Å². The topological polar surface area (TPSA) is 81.7 Å². The number of aryl methyl sites for hydroxylation is 2. The molecule has 5 rings (SSSR count). The maximum absolute atomic E-state index is 14.0. The number of ether oxygens (including phenoxy) is 1. The smallest absolute Gasteiger partial charge is 0.311 e. The van der Waals surface area contributed by atoms with E-state index in [2.05, 4.69) is 10.1 Å². The second-order valence-corrected chi connectivity index (χ2v) is 8.76. The zero-order valence-corrected chi connectivity index (χ0v) is 18.3. The summed E-state index contributed by atoms with van der Waals surface area (Å²) >= 11 is 0. The molecule has 0 radical (unpaired) electrons. The van der Waals surface area contributed by atoms with Gasteiger partial charge in [-0.15, -0.1) is 0 Å². The van der Waals surface area contributed by atoms with Gasteiger partial charge in [0, 0.05) is 18.0 Å². The lowest BCUT2D eigenvalue weighted by molar-refractivity contribution is -0.143. The molecule has 1 aliphatic rings. The van der Waals surface area contributed by atoms with Crippen LogP contribution in [0.2, 0.25) is 0 Å². The van der Waals surface area contributed by atoms with Crippen LogP contribution < -0.4 is 4.74 Å². The van der Waals surface area contributed by atoms with Crippen LogP contribution >= 0.6 is 0 Å². The number of halogens is 2. The Morgan fingerprint density at radius 3 is 2.67 bits per heavy atom. The molecule has 0 amide bonds. The first kappa shape index (κ1) is 21.1. The molecule has 7 nitrogen and oxygen atoms in total. The fraction of sp³-hybridized carbons (Fsp3) is 0.292. The highest BCUT2D eigenvalue weighted by atomic mass is 19.1. The average molecular weight is 452 g/mol. The van der Waals surface area contributed by atoms with Crippen molar-refractivity contribution in [3.63, 3.8) is 0 Å². The third kappa shape index (κ3) is 3.44. The van der Waals surface area contributed by atoms with Gasteiger partial charge in [0.15, 0.2) is 11.4 Å². The lowest BCUT2D eigenvalue weighted by Crippen LogP contribution is -2.15. The predicted molar refractivity (Wildman–Crippen MR) is 116 cm³/mol. The van der Waals surface area contributed by atoms with Crippen LogP contribution in [0.15, 0.2) is 42.9 Å². The van der Waals surface area contributed by atoms with Gasteiger partial charge < -0.3 is 9.84 Å². The molecule has 1 N–H and O–H groups in total. The Hall–Kier alpha value is -3.75. The molecule has 0 saturated heterocycles. The molecule has 0 aliphatic heterocycles. The summed E-state index contributed by atoms with van der Waals surface area (Å²) in [4.78, 5) is 16.1. The maximum atomic E-state index is 14.0. The monoisotopic (exact) mass is 452 g/mol. The number of carboxylic acids is 1. The highest BCUT2D eigenvalue weighted by molar-refractivity contribution is 5.78. The molecular weight excluding hydrogens is 430 g/mol. The Bertz CT molecular complexity index is 1390. The van der Waals surface area contributed by atoms with E-state index in [9.17, 15) is 18.7 Å². The molecule has 0 spiro atoms. The number of aromatic nitrogens is 4. The van der Waals surface area contributed by atoms with E-state index in [0.717, 1.165) is 22.5 Å². The number of nitrogens with zero attached hydrogens (tertiary/aromatic N) is 4. The maximum Gasteiger partial charge on any atom is 0.311 e. The highest BCUT2D eigenvalue weighted by Crippen LogP contribution is 2.56. The summed E-state index contributed by atoms with van der Waals surface area (Å²) in [6, 6.07) is 5.27. The molecule has 9 heteroatoms. The van der Waals surface area contributed by atoms with E-state index in [-0.39, 0.29) is 18.2 Å². The third-order valence-corrected chi connectivity index (χ3v) is 6.31. The van der Waals surface area contributed by atoms with Crippen molar-refractivity contribution >= 4 is 11.6 Å². The zero-order valence-electron chi connectivity index (χ0n) is 18.3. The molecule has 2 atom stereocenters. The van der Waals surface area contributed by atoms with E-state index in [4.69, 9.17) is 4.74 Å². The van der Waals surface area contributed by atoms with Crippen molar-refractivity contribution in [3.8, 4) is 17.0 Å². The Labute approximate surface area is 188 Å². The van der Waals surface area contributed by atoms with Crippen LogP contribution in [0.3, 0.4) is 0 Å². The molecule has 1 aromatic carbocycles. The summed E-state index contributed by atoms with van der Waals surface area (Å²) in [5.41, 5.74) is 2.73. The van der Waals surface area contributed by atoms with Crippen LogP contribution in [0.5, 0.6) is 5.75 Å². The van der Waals surface area contributed by atoms with E-state index in [1.807, 2.05) is 30.6 Å². The first-order chi connectivity index (χ1) is 15.7. The number of carboxylic acid groups (broad SMARTS) is 1. The van der Waals surface area contributed by atoms with Gasteiger partial charge in [-0.05, 0) is 51.0 Å². The molecule has 3 heterocycles. The van der Waals surface area contributed by atoms with Crippen LogP contribution in [-0.2, 0) is 11.4 Å². The Kier molecular flexibility index (Phi) is 4.73. The Morgan fingerprint density at radius 2 is 2.00 bits per heavy atom. The van der Waals surface area contributed by atoms with Crippen molar-refractivity contribution in [2.24, 2.45) is 5.41 Å². The van der Waals surface area contributed by atoms with E-state index >= 15 is 0 Å².